The number of carbonyl (C=O) groups excluding carboxylic acids is 1. The minimum atomic E-state index is -1.56. The fourth-order valence-corrected chi connectivity index (χ4v) is 3.80. The summed E-state index contributed by atoms with van der Waals surface area (Å²) in [5, 5.41) is 10.8. The third-order valence-corrected chi connectivity index (χ3v) is 5.37. The van der Waals surface area contributed by atoms with E-state index in [1.54, 1.807) is 23.9 Å². The molecular weight excluding hydrogens is 284 g/mol. The first-order valence-corrected chi connectivity index (χ1v) is 8.77. The molecule has 2 unspecified atom stereocenters. The van der Waals surface area contributed by atoms with E-state index in [0.717, 1.165) is 25.0 Å². The highest BCUT2D eigenvalue weighted by atomic mass is 32.2. The van der Waals surface area contributed by atoms with Gasteiger partial charge in [-0.05, 0) is 31.1 Å². The molecule has 0 bridgehead atoms. The van der Waals surface area contributed by atoms with Gasteiger partial charge in [0.05, 0.1) is 6.61 Å². The lowest BCUT2D eigenvalue weighted by atomic mass is 9.91. The highest BCUT2D eigenvalue weighted by Gasteiger charge is 2.45. The van der Waals surface area contributed by atoms with Gasteiger partial charge in [0.25, 0.3) is 0 Å². The Hall–Kier alpha value is -1.00. The number of rotatable bonds is 1. The molecule has 1 aliphatic heterocycles. The van der Waals surface area contributed by atoms with E-state index in [1.165, 1.54) is 12.8 Å². The molecule has 116 valence electrons. The van der Waals surface area contributed by atoms with Crippen molar-refractivity contribution >= 4 is 17.7 Å². The quantitative estimate of drug-likeness (QED) is 0.807. The van der Waals surface area contributed by atoms with E-state index in [0.29, 0.717) is 12.2 Å². The van der Waals surface area contributed by atoms with Crippen molar-refractivity contribution in [1.29, 1.82) is 0 Å². The number of aliphatic hydroxyl groups is 1. The Bertz CT molecular complexity index is 449. The van der Waals surface area contributed by atoms with Crippen molar-refractivity contribution in [2.24, 2.45) is 0 Å². The minimum Gasteiger partial charge on any atom is -0.463 e. The molecule has 1 N–H and O–H groups in total. The average molecular weight is 308 g/mol. The molecule has 0 saturated carbocycles. The Morgan fingerprint density at radius 2 is 1.81 bits per heavy atom. The average Bonchev–Trinajstić information content (AvgIpc) is 2.51. The van der Waals surface area contributed by atoms with Crippen LogP contribution < -0.4 is 0 Å². The number of benzene rings is 1. The van der Waals surface area contributed by atoms with Crippen molar-refractivity contribution in [3.63, 3.8) is 0 Å². The predicted octanol–water partition coefficient (Wildman–Crippen LogP) is 3.50. The van der Waals surface area contributed by atoms with E-state index in [4.69, 9.17) is 4.74 Å². The number of ether oxygens (including phenoxy) is 1. The van der Waals surface area contributed by atoms with Crippen LogP contribution in [0.3, 0.4) is 0 Å². The molecule has 0 spiro atoms. The van der Waals surface area contributed by atoms with Crippen LogP contribution in [0, 0.1) is 0 Å². The number of carbonyl (C=O) groups is 1. The molecule has 1 aromatic carbocycles. The summed E-state index contributed by atoms with van der Waals surface area (Å²) < 4.78 is 5.35. The Labute approximate surface area is 131 Å². The van der Waals surface area contributed by atoms with Gasteiger partial charge >= 0.3 is 5.97 Å². The zero-order chi connectivity index (χ0) is 15.1. The summed E-state index contributed by atoms with van der Waals surface area (Å²) in [6.07, 6.45) is 5.48. The Kier molecular flexibility index (Phi) is 6.12. The van der Waals surface area contributed by atoms with Crippen molar-refractivity contribution in [2.75, 3.05) is 12.4 Å². The van der Waals surface area contributed by atoms with Crippen molar-refractivity contribution in [1.82, 2.24) is 0 Å². The van der Waals surface area contributed by atoms with Gasteiger partial charge in [0.2, 0.25) is 0 Å². The van der Waals surface area contributed by atoms with Crippen molar-refractivity contribution in [2.45, 2.75) is 49.9 Å². The summed E-state index contributed by atoms with van der Waals surface area (Å²) in [6, 6.07) is 9.15. The summed E-state index contributed by atoms with van der Waals surface area (Å²) in [4.78, 5) is 12.5. The lowest BCUT2D eigenvalue weighted by molar-refractivity contribution is -0.166. The molecule has 0 radical (unpaired) electrons. The molecule has 1 saturated heterocycles. The largest absolute Gasteiger partial charge is 0.463 e. The summed E-state index contributed by atoms with van der Waals surface area (Å²) in [7, 11) is 0. The van der Waals surface area contributed by atoms with Gasteiger partial charge in [-0.2, -0.15) is 11.8 Å². The second kappa shape index (κ2) is 7.85. The van der Waals surface area contributed by atoms with Crippen LogP contribution in [0.2, 0.25) is 0 Å². The number of hydrogen-bond acceptors (Lipinski definition) is 4. The normalized spacial score (nSPS) is 29.0. The maximum Gasteiger partial charge on any atom is 0.344 e. The van der Waals surface area contributed by atoms with Gasteiger partial charge in [-0.15, -0.1) is 0 Å². The zero-order valence-electron chi connectivity index (χ0n) is 12.6. The molecule has 1 aromatic rings. The van der Waals surface area contributed by atoms with E-state index in [-0.39, 0.29) is 5.25 Å². The van der Waals surface area contributed by atoms with Crippen molar-refractivity contribution in [3.8, 4) is 0 Å². The molecule has 1 aliphatic rings. The lowest BCUT2D eigenvalue weighted by Gasteiger charge is -2.32. The number of thioether (sulfide) groups is 1. The first-order valence-electron chi connectivity index (χ1n) is 7.72. The van der Waals surface area contributed by atoms with Crippen molar-refractivity contribution < 1.29 is 14.6 Å². The Balaban J connectivity index is 2.24. The van der Waals surface area contributed by atoms with Crippen LogP contribution in [0.4, 0.5) is 0 Å². The van der Waals surface area contributed by atoms with Gasteiger partial charge in [-0.25, -0.2) is 4.79 Å². The van der Waals surface area contributed by atoms with Gasteiger partial charge in [0, 0.05) is 5.25 Å². The smallest absolute Gasteiger partial charge is 0.344 e. The van der Waals surface area contributed by atoms with E-state index in [9.17, 15) is 9.90 Å². The van der Waals surface area contributed by atoms with Gasteiger partial charge in [0.1, 0.15) is 0 Å². The maximum absolute atomic E-state index is 12.5. The van der Waals surface area contributed by atoms with Crippen LogP contribution in [0.15, 0.2) is 30.3 Å². The molecule has 1 heterocycles. The SMILES string of the molecule is CC1SCCCCCCCOC(=O)C1(O)c1ccccc1. The summed E-state index contributed by atoms with van der Waals surface area (Å²) in [5.41, 5.74) is -0.947. The Morgan fingerprint density at radius 3 is 2.57 bits per heavy atom. The number of cyclic esters (lactones) is 1. The lowest BCUT2D eigenvalue weighted by Crippen LogP contribution is -2.45. The first-order chi connectivity index (χ1) is 10.2. The van der Waals surface area contributed by atoms with Crippen LogP contribution in [-0.2, 0) is 15.1 Å². The fourth-order valence-electron chi connectivity index (χ4n) is 2.60. The van der Waals surface area contributed by atoms with Crippen LogP contribution in [-0.4, -0.2) is 28.7 Å². The monoisotopic (exact) mass is 308 g/mol. The summed E-state index contributed by atoms with van der Waals surface area (Å²) in [6.45, 7) is 2.30. The minimum absolute atomic E-state index is 0.230. The van der Waals surface area contributed by atoms with E-state index in [1.807, 2.05) is 25.1 Å². The molecule has 21 heavy (non-hydrogen) atoms. The highest BCUT2D eigenvalue weighted by molar-refractivity contribution is 7.99. The second-order valence-electron chi connectivity index (χ2n) is 5.55. The van der Waals surface area contributed by atoms with E-state index in [2.05, 4.69) is 0 Å². The third kappa shape index (κ3) is 4.01. The van der Waals surface area contributed by atoms with Crippen LogP contribution in [0.25, 0.3) is 0 Å². The van der Waals surface area contributed by atoms with Gasteiger partial charge in [-0.1, -0.05) is 49.6 Å². The molecule has 0 amide bonds. The molecule has 1 fully saturated rings. The molecule has 0 aromatic heterocycles. The van der Waals surface area contributed by atoms with Crippen molar-refractivity contribution in [3.05, 3.63) is 35.9 Å². The third-order valence-electron chi connectivity index (χ3n) is 4.00. The Morgan fingerprint density at radius 1 is 1.14 bits per heavy atom. The highest BCUT2D eigenvalue weighted by Crippen LogP contribution is 2.35. The predicted molar refractivity (Wildman–Crippen MR) is 86.3 cm³/mol. The zero-order valence-corrected chi connectivity index (χ0v) is 13.4. The van der Waals surface area contributed by atoms with E-state index < -0.39 is 11.6 Å². The molecule has 2 atom stereocenters. The van der Waals surface area contributed by atoms with Gasteiger partial charge < -0.3 is 9.84 Å². The first kappa shape index (κ1) is 16.4. The van der Waals surface area contributed by atoms with Gasteiger partial charge in [-0.3, -0.25) is 0 Å². The molecular formula is C17H24O3S. The standard InChI is InChI=1S/C17H24O3S/c1-14-17(19,15-10-6-5-7-11-15)16(18)20-12-8-3-2-4-9-13-21-14/h5-7,10-11,14,19H,2-4,8-9,12-13H2,1H3. The second-order valence-corrected chi connectivity index (χ2v) is 7.00. The van der Waals surface area contributed by atoms with E-state index >= 15 is 0 Å². The maximum atomic E-state index is 12.5. The molecule has 2 rings (SSSR count). The summed E-state index contributed by atoms with van der Waals surface area (Å²) in [5.74, 6) is 0.443. The molecule has 0 aliphatic carbocycles. The molecule has 4 heteroatoms. The van der Waals surface area contributed by atoms with Crippen LogP contribution >= 0.6 is 11.8 Å². The van der Waals surface area contributed by atoms with Gasteiger partial charge in [0.15, 0.2) is 5.60 Å². The summed E-state index contributed by atoms with van der Waals surface area (Å²) >= 11 is 1.65. The fraction of sp³-hybridized carbons (Fsp3) is 0.588. The molecule has 3 nitrogen and oxygen atoms in total. The number of esters is 1. The van der Waals surface area contributed by atoms with Crippen LogP contribution in [0.1, 0.15) is 44.6 Å². The van der Waals surface area contributed by atoms with Crippen LogP contribution in [0.5, 0.6) is 0 Å². The number of hydrogen-bond donors (Lipinski definition) is 1. The topological polar surface area (TPSA) is 46.5 Å².